The molecule has 2 amide bonds. The number of ether oxygens (including phenoxy) is 1. The molecule has 1 aliphatic rings. The van der Waals surface area contributed by atoms with Gasteiger partial charge in [-0.1, -0.05) is 5.16 Å². The van der Waals surface area contributed by atoms with Crippen LogP contribution in [-0.2, 0) is 14.3 Å². The Morgan fingerprint density at radius 2 is 1.91 bits per heavy atom. The molecule has 2 rings (SSSR count). The zero-order chi connectivity index (χ0) is 16.7. The van der Waals surface area contributed by atoms with E-state index in [1.807, 2.05) is 0 Å². The second kappa shape index (κ2) is 8.67. The Balaban J connectivity index is 1.70. The monoisotopic (exact) mass is 323 g/mol. The summed E-state index contributed by atoms with van der Waals surface area (Å²) in [4.78, 5) is 24.2. The molecule has 7 nitrogen and oxygen atoms in total. The van der Waals surface area contributed by atoms with Crippen molar-refractivity contribution in [1.82, 2.24) is 10.5 Å². The fraction of sp³-hybridized carbons (Fsp3) is 0.688. The van der Waals surface area contributed by atoms with Crippen molar-refractivity contribution in [1.29, 1.82) is 0 Å². The molecule has 0 aliphatic heterocycles. The fourth-order valence-electron chi connectivity index (χ4n) is 2.84. The normalized spacial score (nSPS) is 21.0. The molecule has 1 saturated carbocycles. The van der Waals surface area contributed by atoms with Crippen LogP contribution in [-0.4, -0.2) is 37.2 Å². The Bertz CT molecular complexity index is 521. The largest absolute Gasteiger partial charge is 0.385 e. The number of hydrogen-bond acceptors (Lipinski definition) is 5. The first-order valence-corrected chi connectivity index (χ1v) is 8.11. The molecule has 23 heavy (non-hydrogen) atoms. The van der Waals surface area contributed by atoms with E-state index in [1.54, 1.807) is 20.1 Å². The van der Waals surface area contributed by atoms with Crippen molar-refractivity contribution >= 4 is 17.6 Å². The number of amides is 2. The SMILES string of the molecule is COCCCNC(=O)C1CCC(C(=O)Nc2cc(C)on2)CC1. The number of aromatic nitrogens is 1. The predicted octanol–water partition coefficient (Wildman–Crippen LogP) is 1.88. The molecule has 0 radical (unpaired) electrons. The van der Waals surface area contributed by atoms with E-state index in [1.165, 1.54) is 0 Å². The van der Waals surface area contributed by atoms with E-state index in [2.05, 4.69) is 15.8 Å². The first-order valence-electron chi connectivity index (χ1n) is 8.11. The summed E-state index contributed by atoms with van der Waals surface area (Å²) in [6.07, 6.45) is 3.74. The van der Waals surface area contributed by atoms with E-state index in [4.69, 9.17) is 9.26 Å². The molecule has 128 valence electrons. The summed E-state index contributed by atoms with van der Waals surface area (Å²) in [5.74, 6) is 1.10. The second-order valence-electron chi connectivity index (χ2n) is 6.00. The van der Waals surface area contributed by atoms with Crippen molar-refractivity contribution in [2.45, 2.75) is 39.0 Å². The molecule has 7 heteroatoms. The lowest BCUT2D eigenvalue weighted by molar-refractivity contribution is -0.128. The second-order valence-corrected chi connectivity index (χ2v) is 6.00. The van der Waals surface area contributed by atoms with Gasteiger partial charge in [0, 0.05) is 38.2 Å². The van der Waals surface area contributed by atoms with Gasteiger partial charge < -0.3 is 19.9 Å². The molecule has 1 aromatic rings. The quantitative estimate of drug-likeness (QED) is 0.747. The van der Waals surface area contributed by atoms with E-state index < -0.39 is 0 Å². The maximum atomic E-state index is 12.2. The minimum absolute atomic E-state index is 0.0101. The molecule has 0 unspecified atom stereocenters. The van der Waals surface area contributed by atoms with Crippen LogP contribution in [0.1, 0.15) is 37.9 Å². The molecule has 1 aliphatic carbocycles. The van der Waals surface area contributed by atoms with Crippen molar-refractivity contribution in [2.75, 3.05) is 25.6 Å². The molecular formula is C16H25N3O4. The number of carbonyl (C=O) groups excluding carboxylic acids is 2. The highest BCUT2D eigenvalue weighted by atomic mass is 16.5. The molecule has 2 N–H and O–H groups in total. The van der Waals surface area contributed by atoms with Crippen molar-refractivity contribution in [3.8, 4) is 0 Å². The Labute approximate surface area is 136 Å². The van der Waals surface area contributed by atoms with Crippen LogP contribution in [0.5, 0.6) is 0 Å². The summed E-state index contributed by atoms with van der Waals surface area (Å²) in [7, 11) is 1.65. The summed E-state index contributed by atoms with van der Waals surface area (Å²) in [6, 6.07) is 1.69. The molecule has 0 spiro atoms. The summed E-state index contributed by atoms with van der Waals surface area (Å²) >= 11 is 0. The number of carbonyl (C=O) groups is 2. The highest BCUT2D eigenvalue weighted by Crippen LogP contribution is 2.29. The van der Waals surface area contributed by atoms with Gasteiger partial charge in [0.15, 0.2) is 5.82 Å². The van der Waals surface area contributed by atoms with Gasteiger partial charge >= 0.3 is 0 Å². The lowest BCUT2D eigenvalue weighted by Gasteiger charge is -2.26. The van der Waals surface area contributed by atoms with Gasteiger partial charge in [-0.05, 0) is 39.0 Å². The maximum absolute atomic E-state index is 12.2. The van der Waals surface area contributed by atoms with Crippen molar-refractivity contribution in [3.05, 3.63) is 11.8 Å². The Kier molecular flexibility index (Phi) is 6.58. The number of rotatable bonds is 7. The summed E-state index contributed by atoms with van der Waals surface area (Å²) < 4.78 is 9.88. The number of anilines is 1. The van der Waals surface area contributed by atoms with E-state index in [0.717, 1.165) is 32.1 Å². The van der Waals surface area contributed by atoms with E-state index in [9.17, 15) is 9.59 Å². The van der Waals surface area contributed by atoms with Crippen molar-refractivity contribution < 1.29 is 18.8 Å². The van der Waals surface area contributed by atoms with Crippen LogP contribution >= 0.6 is 0 Å². The summed E-state index contributed by atoms with van der Waals surface area (Å²) in [5, 5.41) is 9.46. The van der Waals surface area contributed by atoms with Gasteiger partial charge in [-0.3, -0.25) is 9.59 Å². The van der Waals surface area contributed by atoms with E-state index in [0.29, 0.717) is 24.7 Å². The van der Waals surface area contributed by atoms with Crippen LogP contribution in [0.2, 0.25) is 0 Å². The number of nitrogens with zero attached hydrogens (tertiary/aromatic N) is 1. The first-order chi connectivity index (χ1) is 11.1. The standard InChI is InChI=1S/C16H25N3O4/c1-11-10-14(19-23-11)18-16(21)13-6-4-12(5-7-13)15(20)17-8-3-9-22-2/h10,12-13H,3-9H2,1-2H3,(H,17,20)(H,18,19,21). The highest BCUT2D eigenvalue weighted by molar-refractivity contribution is 5.91. The molecule has 1 heterocycles. The zero-order valence-electron chi connectivity index (χ0n) is 13.8. The van der Waals surface area contributed by atoms with E-state index in [-0.39, 0.29) is 23.7 Å². The van der Waals surface area contributed by atoms with Gasteiger partial charge in [0.2, 0.25) is 11.8 Å². The van der Waals surface area contributed by atoms with Crippen LogP contribution < -0.4 is 10.6 Å². The van der Waals surface area contributed by atoms with Gasteiger partial charge in [0.1, 0.15) is 5.76 Å². The molecule has 1 fully saturated rings. The average Bonchev–Trinajstić information content (AvgIpc) is 2.96. The number of nitrogens with one attached hydrogen (secondary N) is 2. The van der Waals surface area contributed by atoms with Gasteiger partial charge in [-0.25, -0.2) is 0 Å². The average molecular weight is 323 g/mol. The summed E-state index contributed by atoms with van der Waals surface area (Å²) in [5.41, 5.74) is 0. The van der Waals surface area contributed by atoms with Crippen molar-refractivity contribution in [2.24, 2.45) is 11.8 Å². The minimum Gasteiger partial charge on any atom is -0.385 e. The van der Waals surface area contributed by atoms with Crippen LogP contribution in [0.25, 0.3) is 0 Å². The third-order valence-corrected chi connectivity index (χ3v) is 4.17. The Morgan fingerprint density at radius 1 is 1.26 bits per heavy atom. The Hall–Kier alpha value is -1.89. The first kappa shape index (κ1) is 17.5. The predicted molar refractivity (Wildman–Crippen MR) is 84.8 cm³/mol. The van der Waals surface area contributed by atoms with E-state index >= 15 is 0 Å². The zero-order valence-corrected chi connectivity index (χ0v) is 13.8. The lowest BCUT2D eigenvalue weighted by atomic mass is 9.81. The van der Waals surface area contributed by atoms with Crippen LogP contribution in [0.15, 0.2) is 10.6 Å². The van der Waals surface area contributed by atoms with Crippen LogP contribution in [0.3, 0.4) is 0 Å². The van der Waals surface area contributed by atoms with Gasteiger partial charge in [0.25, 0.3) is 0 Å². The van der Waals surface area contributed by atoms with Gasteiger partial charge in [-0.2, -0.15) is 0 Å². The molecule has 1 aromatic heterocycles. The van der Waals surface area contributed by atoms with Crippen LogP contribution in [0.4, 0.5) is 5.82 Å². The molecule has 0 atom stereocenters. The smallest absolute Gasteiger partial charge is 0.228 e. The highest BCUT2D eigenvalue weighted by Gasteiger charge is 2.30. The van der Waals surface area contributed by atoms with Crippen LogP contribution in [0, 0.1) is 18.8 Å². The molecule has 0 aromatic carbocycles. The third kappa shape index (κ3) is 5.35. The Morgan fingerprint density at radius 3 is 2.48 bits per heavy atom. The third-order valence-electron chi connectivity index (χ3n) is 4.17. The fourth-order valence-corrected chi connectivity index (χ4v) is 2.84. The number of aryl methyl sites for hydroxylation is 1. The topological polar surface area (TPSA) is 93.5 Å². The van der Waals surface area contributed by atoms with Gasteiger partial charge in [0.05, 0.1) is 0 Å². The minimum atomic E-state index is -0.0652. The number of hydrogen-bond donors (Lipinski definition) is 2. The lowest BCUT2D eigenvalue weighted by Crippen LogP contribution is -2.36. The molecule has 0 saturated heterocycles. The van der Waals surface area contributed by atoms with Crippen molar-refractivity contribution in [3.63, 3.8) is 0 Å². The molecular weight excluding hydrogens is 298 g/mol. The number of methoxy groups -OCH3 is 1. The maximum Gasteiger partial charge on any atom is 0.228 e. The summed E-state index contributed by atoms with van der Waals surface area (Å²) in [6.45, 7) is 3.06. The van der Waals surface area contributed by atoms with Gasteiger partial charge in [-0.15, -0.1) is 0 Å². The molecule has 0 bridgehead atoms.